The van der Waals surface area contributed by atoms with Crippen LogP contribution >= 0.6 is 0 Å². The summed E-state index contributed by atoms with van der Waals surface area (Å²) in [7, 11) is 1.38. The van der Waals surface area contributed by atoms with E-state index in [0.29, 0.717) is 44.2 Å². The first-order valence-corrected chi connectivity index (χ1v) is 13.1. The van der Waals surface area contributed by atoms with Crippen LogP contribution in [0.5, 0.6) is 5.75 Å². The molecule has 0 spiro atoms. The highest BCUT2D eigenvalue weighted by atomic mass is 16.6. The smallest absolute Gasteiger partial charge is 0.410 e. The molecule has 1 aliphatic rings. The molecular formula is C31H36N2O6. The van der Waals surface area contributed by atoms with Gasteiger partial charge in [-0.25, -0.2) is 9.78 Å². The van der Waals surface area contributed by atoms with Crippen molar-refractivity contribution in [2.45, 2.75) is 52.6 Å². The Hall–Kier alpha value is -4.07. The minimum atomic E-state index is -0.592. The Morgan fingerprint density at radius 1 is 1.05 bits per heavy atom. The summed E-state index contributed by atoms with van der Waals surface area (Å²) in [5.41, 5.74) is 3.94. The Balaban J connectivity index is 1.48. The van der Waals surface area contributed by atoms with Crippen LogP contribution in [0.4, 0.5) is 4.79 Å². The minimum absolute atomic E-state index is 0.175. The molecule has 1 aliphatic heterocycles. The van der Waals surface area contributed by atoms with Crippen LogP contribution in [0.2, 0.25) is 0 Å². The third-order valence-corrected chi connectivity index (χ3v) is 6.40. The molecule has 0 radical (unpaired) electrons. The molecule has 0 N–H and O–H groups in total. The van der Waals surface area contributed by atoms with E-state index in [-0.39, 0.29) is 18.5 Å². The lowest BCUT2D eigenvalue weighted by atomic mass is 9.92. The van der Waals surface area contributed by atoms with Gasteiger partial charge in [-0.2, -0.15) is 0 Å². The van der Waals surface area contributed by atoms with Crippen LogP contribution in [0.3, 0.4) is 0 Å². The number of carbonyl (C=O) groups is 2. The van der Waals surface area contributed by atoms with Gasteiger partial charge >= 0.3 is 12.1 Å². The van der Waals surface area contributed by atoms with Crippen molar-refractivity contribution in [2.75, 3.05) is 26.8 Å². The zero-order chi connectivity index (χ0) is 28.0. The highest BCUT2D eigenvalue weighted by Crippen LogP contribution is 2.32. The summed E-state index contributed by atoms with van der Waals surface area (Å²) in [4.78, 5) is 31.2. The number of aromatic nitrogens is 1. The summed E-state index contributed by atoms with van der Waals surface area (Å²) in [5, 5.41) is 0. The summed E-state index contributed by atoms with van der Waals surface area (Å²) in [6.07, 6.45) is 0.954. The molecule has 4 rings (SSSR count). The number of rotatable bonds is 8. The molecule has 0 unspecified atom stereocenters. The minimum Gasteiger partial charge on any atom is -0.493 e. The standard InChI is InChI=1S/C31H36N2O6/c1-21-27(32-29(38-21)22-10-7-6-8-11-22)15-17-37-25-13-9-12-23(18-25)26-20-33(30(35)39-31(2,3)4)16-14-24(26)19-28(34)36-5/h6-13,18H,14-17,19-20H2,1-5H3. The molecule has 39 heavy (non-hydrogen) atoms. The molecule has 1 amide bonds. The van der Waals surface area contributed by atoms with E-state index in [1.807, 2.05) is 82.3 Å². The van der Waals surface area contributed by atoms with E-state index < -0.39 is 5.60 Å². The van der Waals surface area contributed by atoms with Crippen molar-refractivity contribution in [3.05, 3.63) is 77.2 Å². The number of aryl methyl sites for hydroxylation is 1. The lowest BCUT2D eigenvalue weighted by Crippen LogP contribution is -2.40. The van der Waals surface area contributed by atoms with Crippen LogP contribution in [0, 0.1) is 6.92 Å². The first-order valence-electron chi connectivity index (χ1n) is 13.1. The first-order chi connectivity index (χ1) is 18.6. The highest BCUT2D eigenvalue weighted by molar-refractivity contribution is 5.82. The van der Waals surface area contributed by atoms with E-state index in [1.165, 1.54) is 7.11 Å². The predicted molar refractivity (Wildman–Crippen MR) is 148 cm³/mol. The van der Waals surface area contributed by atoms with Crippen molar-refractivity contribution in [3.8, 4) is 17.2 Å². The normalized spacial score (nSPS) is 13.8. The van der Waals surface area contributed by atoms with Gasteiger partial charge in [0.1, 0.15) is 17.1 Å². The quantitative estimate of drug-likeness (QED) is 0.318. The second-order valence-corrected chi connectivity index (χ2v) is 10.5. The summed E-state index contributed by atoms with van der Waals surface area (Å²) in [6.45, 7) is 8.68. The third kappa shape index (κ3) is 7.50. The largest absolute Gasteiger partial charge is 0.493 e. The topological polar surface area (TPSA) is 91.1 Å². The fourth-order valence-electron chi connectivity index (χ4n) is 4.43. The monoisotopic (exact) mass is 532 g/mol. The van der Waals surface area contributed by atoms with Gasteiger partial charge in [-0.15, -0.1) is 0 Å². The number of esters is 1. The van der Waals surface area contributed by atoms with E-state index in [4.69, 9.17) is 18.6 Å². The van der Waals surface area contributed by atoms with E-state index in [9.17, 15) is 9.59 Å². The zero-order valence-electron chi connectivity index (χ0n) is 23.3. The third-order valence-electron chi connectivity index (χ3n) is 6.40. The number of oxazole rings is 1. The Labute approximate surface area is 229 Å². The average Bonchev–Trinajstić information content (AvgIpc) is 3.28. The molecule has 3 aromatic rings. The first kappa shape index (κ1) is 28.0. The van der Waals surface area contributed by atoms with Gasteiger partial charge < -0.3 is 23.5 Å². The van der Waals surface area contributed by atoms with Crippen LogP contribution in [-0.4, -0.2) is 54.4 Å². The van der Waals surface area contributed by atoms with Gasteiger partial charge in [0.2, 0.25) is 5.89 Å². The maximum absolute atomic E-state index is 12.8. The maximum atomic E-state index is 12.8. The summed E-state index contributed by atoms with van der Waals surface area (Å²) in [5.74, 6) is 1.75. The maximum Gasteiger partial charge on any atom is 0.410 e. The zero-order valence-corrected chi connectivity index (χ0v) is 23.3. The molecular weight excluding hydrogens is 496 g/mol. The second-order valence-electron chi connectivity index (χ2n) is 10.5. The van der Waals surface area contributed by atoms with Crippen molar-refractivity contribution in [3.63, 3.8) is 0 Å². The van der Waals surface area contributed by atoms with Gasteiger partial charge in [0, 0.05) is 25.1 Å². The van der Waals surface area contributed by atoms with Crippen molar-refractivity contribution in [2.24, 2.45) is 0 Å². The average molecular weight is 533 g/mol. The van der Waals surface area contributed by atoms with Crippen LogP contribution in [0.15, 0.2) is 64.6 Å². The Morgan fingerprint density at radius 3 is 2.51 bits per heavy atom. The molecule has 2 heterocycles. The number of ether oxygens (including phenoxy) is 3. The van der Waals surface area contributed by atoms with Crippen molar-refractivity contribution in [1.29, 1.82) is 0 Å². The van der Waals surface area contributed by atoms with Crippen molar-refractivity contribution < 1.29 is 28.2 Å². The van der Waals surface area contributed by atoms with Crippen LogP contribution < -0.4 is 4.74 Å². The Morgan fingerprint density at radius 2 is 1.79 bits per heavy atom. The Kier molecular flexibility index (Phi) is 8.74. The van der Waals surface area contributed by atoms with Crippen molar-refractivity contribution >= 4 is 17.6 Å². The number of nitrogens with zero attached hydrogens (tertiary/aromatic N) is 2. The highest BCUT2D eigenvalue weighted by Gasteiger charge is 2.28. The number of hydrogen-bond acceptors (Lipinski definition) is 7. The second kappa shape index (κ2) is 12.2. The molecule has 8 nitrogen and oxygen atoms in total. The molecule has 0 atom stereocenters. The van der Waals surface area contributed by atoms with Gasteiger partial charge in [-0.05, 0) is 69.5 Å². The van der Waals surface area contributed by atoms with Crippen LogP contribution in [0.25, 0.3) is 17.0 Å². The van der Waals surface area contributed by atoms with Gasteiger partial charge in [0.05, 0.1) is 25.8 Å². The van der Waals surface area contributed by atoms with E-state index in [1.54, 1.807) is 4.90 Å². The molecule has 8 heteroatoms. The SMILES string of the molecule is COC(=O)CC1=C(c2cccc(OCCc3nc(-c4ccccc4)oc3C)c2)CN(C(=O)OC(C)(C)C)CC1. The van der Waals surface area contributed by atoms with Crippen LogP contribution in [-0.2, 0) is 20.7 Å². The summed E-state index contributed by atoms with van der Waals surface area (Å²) < 4.78 is 22.5. The number of hydrogen-bond donors (Lipinski definition) is 0. The molecule has 2 aromatic carbocycles. The van der Waals surface area contributed by atoms with Crippen LogP contribution in [0.1, 0.15) is 50.6 Å². The van der Waals surface area contributed by atoms with E-state index in [0.717, 1.165) is 33.7 Å². The lowest BCUT2D eigenvalue weighted by molar-refractivity contribution is -0.139. The van der Waals surface area contributed by atoms with Gasteiger partial charge in [-0.3, -0.25) is 4.79 Å². The number of methoxy groups -OCH3 is 1. The number of carbonyl (C=O) groups excluding carboxylic acids is 2. The molecule has 206 valence electrons. The van der Waals surface area contributed by atoms with Gasteiger partial charge in [-0.1, -0.05) is 35.9 Å². The molecule has 0 saturated carbocycles. The fourth-order valence-corrected chi connectivity index (χ4v) is 4.43. The molecule has 0 aliphatic carbocycles. The lowest BCUT2D eigenvalue weighted by Gasteiger charge is -2.33. The molecule has 0 fully saturated rings. The van der Waals surface area contributed by atoms with Gasteiger partial charge in [0.15, 0.2) is 0 Å². The molecule has 0 bridgehead atoms. The summed E-state index contributed by atoms with van der Waals surface area (Å²) in [6, 6.07) is 17.5. The van der Waals surface area contributed by atoms with E-state index >= 15 is 0 Å². The van der Waals surface area contributed by atoms with Crippen molar-refractivity contribution in [1.82, 2.24) is 9.88 Å². The van der Waals surface area contributed by atoms with Gasteiger partial charge in [0.25, 0.3) is 0 Å². The number of benzene rings is 2. The number of amides is 1. The summed E-state index contributed by atoms with van der Waals surface area (Å²) >= 11 is 0. The molecule has 1 aromatic heterocycles. The molecule has 0 saturated heterocycles. The van der Waals surface area contributed by atoms with E-state index in [2.05, 4.69) is 4.98 Å². The predicted octanol–water partition coefficient (Wildman–Crippen LogP) is 6.23. The fraction of sp³-hybridized carbons (Fsp3) is 0.387. The Bertz CT molecular complexity index is 1340.